The second-order valence-electron chi connectivity index (χ2n) is 9.12. The molecule has 1 amide bonds. The minimum absolute atomic E-state index is 0.0717. The quantitative estimate of drug-likeness (QED) is 0.400. The number of amides is 1. The highest BCUT2D eigenvalue weighted by Gasteiger charge is 2.33. The molecule has 0 aliphatic carbocycles. The van der Waals surface area contributed by atoms with Crippen LogP contribution in [0.1, 0.15) is 34.1 Å². The van der Waals surface area contributed by atoms with Gasteiger partial charge in [0.15, 0.2) is 0 Å². The third-order valence-corrected chi connectivity index (χ3v) is 6.43. The van der Waals surface area contributed by atoms with E-state index in [1.165, 1.54) is 0 Å². The summed E-state index contributed by atoms with van der Waals surface area (Å²) in [5.41, 5.74) is 4.44. The number of nitrogens with zero attached hydrogens (tertiary/aromatic N) is 3. The van der Waals surface area contributed by atoms with Crippen molar-refractivity contribution in [1.82, 2.24) is 15.3 Å². The zero-order chi connectivity index (χ0) is 25.8. The van der Waals surface area contributed by atoms with Crippen LogP contribution in [0.2, 0.25) is 0 Å². The van der Waals surface area contributed by atoms with Gasteiger partial charge in [0.05, 0.1) is 49.3 Å². The van der Waals surface area contributed by atoms with Crippen LogP contribution < -0.4 is 10.1 Å². The minimum Gasteiger partial charge on any atom is -0.490 e. The fourth-order valence-electron chi connectivity index (χ4n) is 4.43. The van der Waals surface area contributed by atoms with Gasteiger partial charge in [0.2, 0.25) is 0 Å². The third kappa shape index (κ3) is 5.00. The van der Waals surface area contributed by atoms with Crippen molar-refractivity contribution in [2.45, 2.75) is 25.5 Å². The van der Waals surface area contributed by atoms with E-state index in [0.717, 1.165) is 33.3 Å². The van der Waals surface area contributed by atoms with Crippen molar-refractivity contribution in [3.63, 3.8) is 0 Å². The first kappa shape index (κ1) is 24.4. The van der Waals surface area contributed by atoms with E-state index in [4.69, 9.17) is 19.6 Å². The molecule has 8 nitrogen and oxygen atoms in total. The number of ether oxygens (including phenoxy) is 2. The van der Waals surface area contributed by atoms with Gasteiger partial charge >= 0.3 is 0 Å². The lowest BCUT2D eigenvalue weighted by Gasteiger charge is -2.30. The average molecular weight is 495 g/mol. The fourth-order valence-corrected chi connectivity index (χ4v) is 4.43. The Morgan fingerprint density at radius 2 is 2.08 bits per heavy atom. The number of benzene rings is 2. The molecule has 37 heavy (non-hydrogen) atoms. The van der Waals surface area contributed by atoms with Crippen molar-refractivity contribution in [1.29, 1.82) is 5.26 Å². The van der Waals surface area contributed by atoms with Gasteiger partial charge in [-0.25, -0.2) is 4.98 Å². The zero-order valence-electron chi connectivity index (χ0n) is 20.4. The van der Waals surface area contributed by atoms with Crippen LogP contribution in [0.5, 0.6) is 5.75 Å². The summed E-state index contributed by atoms with van der Waals surface area (Å²) in [5.74, 6) is 0.405. The summed E-state index contributed by atoms with van der Waals surface area (Å²) < 4.78 is 11.2. The first-order valence-corrected chi connectivity index (χ1v) is 12.0. The van der Waals surface area contributed by atoms with Crippen LogP contribution in [-0.2, 0) is 23.3 Å². The number of pyridine rings is 2. The molecule has 4 aromatic rings. The van der Waals surface area contributed by atoms with E-state index in [-0.39, 0.29) is 25.7 Å². The van der Waals surface area contributed by atoms with Crippen molar-refractivity contribution in [3.05, 3.63) is 89.2 Å². The van der Waals surface area contributed by atoms with Crippen LogP contribution in [0, 0.1) is 11.3 Å². The topological polar surface area (TPSA) is 117 Å². The molecule has 0 fully saturated rings. The zero-order valence-corrected chi connectivity index (χ0v) is 20.4. The fraction of sp³-hybridized carbons (Fsp3) is 0.241. The largest absolute Gasteiger partial charge is 0.490 e. The molecule has 2 aromatic carbocycles. The second kappa shape index (κ2) is 10.3. The lowest BCUT2D eigenvalue weighted by atomic mass is 9.79. The highest BCUT2D eigenvalue weighted by molar-refractivity contribution is 5.94. The van der Waals surface area contributed by atoms with Crippen LogP contribution in [0.3, 0.4) is 0 Å². The maximum Gasteiger partial charge on any atom is 0.251 e. The number of fused-ring (bicyclic) bond motifs is 2. The predicted molar refractivity (Wildman–Crippen MR) is 138 cm³/mol. The molecule has 8 heteroatoms. The second-order valence-corrected chi connectivity index (χ2v) is 9.12. The molecule has 0 bridgehead atoms. The van der Waals surface area contributed by atoms with Crippen molar-refractivity contribution >= 4 is 16.8 Å². The van der Waals surface area contributed by atoms with Crippen molar-refractivity contribution in [3.8, 4) is 23.1 Å². The molecular weight excluding hydrogens is 468 g/mol. The normalized spacial score (nSPS) is 16.6. The summed E-state index contributed by atoms with van der Waals surface area (Å²) in [7, 11) is 0. The van der Waals surface area contributed by atoms with Crippen LogP contribution >= 0.6 is 0 Å². The number of nitrogens with one attached hydrogen (secondary N) is 1. The molecule has 0 radical (unpaired) electrons. The Bertz CT molecular complexity index is 1510. The monoisotopic (exact) mass is 494 g/mol. The summed E-state index contributed by atoms with van der Waals surface area (Å²) >= 11 is 0. The number of rotatable bonds is 7. The summed E-state index contributed by atoms with van der Waals surface area (Å²) in [6.07, 6.45) is 1.74. The summed E-state index contributed by atoms with van der Waals surface area (Å²) in [6, 6.07) is 21.0. The van der Waals surface area contributed by atoms with Gasteiger partial charge < -0.3 is 19.9 Å². The highest BCUT2D eigenvalue weighted by atomic mass is 16.5. The molecule has 1 aliphatic heterocycles. The van der Waals surface area contributed by atoms with Crippen LogP contribution in [0.4, 0.5) is 0 Å². The summed E-state index contributed by atoms with van der Waals surface area (Å²) in [5, 5.41) is 22.6. The number of para-hydroxylation sites is 1. The lowest BCUT2D eigenvalue weighted by Crippen LogP contribution is -2.33. The Labute approximate surface area is 214 Å². The molecule has 2 aromatic heterocycles. The number of aliphatic hydroxyl groups excluding tert-OH is 1. The Balaban J connectivity index is 1.35. The third-order valence-electron chi connectivity index (χ3n) is 6.43. The van der Waals surface area contributed by atoms with Crippen molar-refractivity contribution < 1.29 is 19.4 Å². The van der Waals surface area contributed by atoms with E-state index >= 15 is 0 Å². The standard InChI is InChI=1S/C29H26N4O4/c1-29(17-30)18-36-16-21-7-6-19(12-24(21)29)28(35)32-15-22-13-26-20(14-31-22)8-9-25(33-26)23-4-2-3-5-27(23)37-11-10-34/h2-9,12-14,34H,10-11,15-16,18H2,1H3,(H,32,35)/t29-/m1/s1. The Kier molecular flexibility index (Phi) is 6.82. The number of nitriles is 1. The van der Waals surface area contributed by atoms with E-state index in [2.05, 4.69) is 16.4 Å². The van der Waals surface area contributed by atoms with Crippen LogP contribution in [-0.4, -0.2) is 40.8 Å². The Morgan fingerprint density at radius 1 is 1.22 bits per heavy atom. The molecular formula is C29H26N4O4. The molecule has 0 saturated carbocycles. The smallest absolute Gasteiger partial charge is 0.251 e. The molecule has 5 rings (SSSR count). The average Bonchev–Trinajstić information content (AvgIpc) is 2.94. The van der Waals surface area contributed by atoms with Gasteiger partial charge in [0, 0.05) is 22.7 Å². The van der Waals surface area contributed by atoms with Crippen LogP contribution in [0.25, 0.3) is 22.2 Å². The number of aromatic nitrogens is 2. The molecule has 2 N–H and O–H groups in total. The molecule has 3 heterocycles. The molecule has 1 aliphatic rings. The van der Waals surface area contributed by atoms with Crippen LogP contribution in [0.15, 0.2) is 66.9 Å². The highest BCUT2D eigenvalue weighted by Crippen LogP contribution is 2.33. The molecule has 0 saturated heterocycles. The molecule has 0 spiro atoms. The molecule has 1 atom stereocenters. The first-order chi connectivity index (χ1) is 18.0. The van der Waals surface area contributed by atoms with Gasteiger partial charge in [-0.1, -0.05) is 18.2 Å². The Hall–Kier alpha value is -4.32. The van der Waals surface area contributed by atoms with Gasteiger partial charge in [-0.2, -0.15) is 5.26 Å². The van der Waals surface area contributed by atoms with E-state index < -0.39 is 5.41 Å². The van der Waals surface area contributed by atoms with Gasteiger partial charge in [0.25, 0.3) is 5.91 Å². The van der Waals surface area contributed by atoms with Crippen molar-refractivity contribution in [2.24, 2.45) is 0 Å². The molecule has 186 valence electrons. The lowest BCUT2D eigenvalue weighted by molar-refractivity contribution is 0.0757. The van der Waals surface area contributed by atoms with E-state index in [0.29, 0.717) is 30.2 Å². The predicted octanol–water partition coefficient (Wildman–Crippen LogP) is 3.91. The molecule has 0 unspecified atom stereocenters. The maximum absolute atomic E-state index is 12.9. The summed E-state index contributed by atoms with van der Waals surface area (Å²) in [4.78, 5) is 22.2. The van der Waals surface area contributed by atoms with E-state index in [1.807, 2.05) is 55.5 Å². The first-order valence-electron chi connectivity index (χ1n) is 12.0. The van der Waals surface area contributed by atoms with Gasteiger partial charge in [-0.05, 0) is 60.5 Å². The summed E-state index contributed by atoms with van der Waals surface area (Å²) in [6.45, 7) is 2.92. The van der Waals surface area contributed by atoms with Gasteiger partial charge in [0.1, 0.15) is 17.8 Å². The van der Waals surface area contributed by atoms with E-state index in [1.54, 1.807) is 18.3 Å². The number of hydrogen-bond donors (Lipinski definition) is 2. The number of hydrogen-bond acceptors (Lipinski definition) is 7. The van der Waals surface area contributed by atoms with E-state index in [9.17, 15) is 10.1 Å². The number of aliphatic hydroxyl groups is 1. The number of carbonyl (C=O) groups excluding carboxylic acids is 1. The van der Waals surface area contributed by atoms with Gasteiger partial charge in [-0.3, -0.25) is 9.78 Å². The number of carbonyl (C=O) groups is 1. The Morgan fingerprint density at radius 3 is 2.92 bits per heavy atom. The van der Waals surface area contributed by atoms with Gasteiger partial charge in [-0.15, -0.1) is 0 Å². The van der Waals surface area contributed by atoms with Crippen molar-refractivity contribution in [2.75, 3.05) is 19.8 Å². The SMILES string of the molecule is C[C@@]1(C#N)COCc2ccc(C(=O)NCc3cc4nc(-c5ccccc5OCCO)ccc4cn3)cc21. The minimum atomic E-state index is -0.783. The maximum atomic E-state index is 12.9.